The van der Waals surface area contributed by atoms with Crippen LogP contribution in [-0.4, -0.2) is 16.3 Å². The highest BCUT2D eigenvalue weighted by Gasteiger charge is 2.38. The molecule has 1 aromatic carbocycles. The van der Waals surface area contributed by atoms with E-state index in [4.69, 9.17) is 0 Å². The van der Waals surface area contributed by atoms with Gasteiger partial charge < -0.3 is 10.2 Å². The van der Waals surface area contributed by atoms with Crippen molar-refractivity contribution in [2.75, 3.05) is 0 Å². The molecule has 0 spiro atoms. The zero-order valence-electron chi connectivity index (χ0n) is 11.4. The number of hydrogen-bond acceptors (Lipinski definition) is 2. The molecule has 0 saturated heterocycles. The molecule has 2 nitrogen and oxygen atoms in total. The lowest BCUT2D eigenvalue weighted by Crippen LogP contribution is -2.35. The number of benzene rings is 1. The Labute approximate surface area is 108 Å². The van der Waals surface area contributed by atoms with E-state index in [1.54, 1.807) is 0 Å². The molecule has 18 heavy (non-hydrogen) atoms. The van der Waals surface area contributed by atoms with Gasteiger partial charge in [-0.1, -0.05) is 29.8 Å². The Hall–Kier alpha value is -1.54. The van der Waals surface area contributed by atoms with Crippen molar-refractivity contribution in [2.24, 2.45) is 5.41 Å². The first-order valence-corrected chi connectivity index (χ1v) is 6.21. The van der Waals surface area contributed by atoms with E-state index >= 15 is 0 Å². The van der Waals surface area contributed by atoms with Crippen LogP contribution < -0.4 is 0 Å². The molecule has 1 aliphatic rings. The molecule has 2 heteroatoms. The van der Waals surface area contributed by atoms with Crippen LogP contribution in [0.15, 0.2) is 41.7 Å². The zero-order valence-corrected chi connectivity index (χ0v) is 11.4. The fourth-order valence-electron chi connectivity index (χ4n) is 2.47. The average molecular weight is 244 g/mol. The van der Waals surface area contributed by atoms with Gasteiger partial charge in [0.15, 0.2) is 0 Å². The van der Waals surface area contributed by atoms with Gasteiger partial charge in [-0.25, -0.2) is 0 Å². The average Bonchev–Trinajstić information content (AvgIpc) is 2.32. The summed E-state index contributed by atoms with van der Waals surface area (Å²) in [4.78, 5) is 0. The lowest BCUT2D eigenvalue weighted by Gasteiger charge is -2.36. The summed E-state index contributed by atoms with van der Waals surface area (Å²) in [6, 6.07) is 8.07. The largest absolute Gasteiger partial charge is 0.511 e. The monoisotopic (exact) mass is 244 g/mol. The SMILES string of the molecule is CC1=C(O)C(C)(C)C(O)C(c2cccc(C)c2)=C1. The summed E-state index contributed by atoms with van der Waals surface area (Å²) in [7, 11) is 0. The van der Waals surface area contributed by atoms with Crippen LogP contribution in [0.4, 0.5) is 0 Å². The van der Waals surface area contributed by atoms with E-state index in [1.165, 1.54) is 0 Å². The lowest BCUT2D eigenvalue weighted by atomic mass is 9.73. The fraction of sp³-hybridized carbons (Fsp3) is 0.375. The third-order valence-electron chi connectivity index (χ3n) is 3.69. The maximum absolute atomic E-state index is 10.5. The molecule has 0 saturated carbocycles. The van der Waals surface area contributed by atoms with Gasteiger partial charge in [-0.05, 0) is 50.5 Å². The van der Waals surface area contributed by atoms with Gasteiger partial charge in [0.2, 0.25) is 0 Å². The molecule has 1 aromatic rings. The molecular weight excluding hydrogens is 224 g/mol. The molecule has 96 valence electrons. The van der Waals surface area contributed by atoms with E-state index in [9.17, 15) is 10.2 Å². The van der Waals surface area contributed by atoms with Crippen LogP contribution in [0.25, 0.3) is 5.57 Å². The van der Waals surface area contributed by atoms with Gasteiger partial charge in [0, 0.05) is 0 Å². The number of rotatable bonds is 1. The molecule has 2 N–H and O–H groups in total. The molecule has 2 rings (SSSR count). The minimum absolute atomic E-state index is 0.270. The molecule has 0 fully saturated rings. The number of aliphatic hydroxyl groups is 2. The summed E-state index contributed by atoms with van der Waals surface area (Å²) < 4.78 is 0. The summed E-state index contributed by atoms with van der Waals surface area (Å²) in [6.45, 7) is 7.63. The second kappa shape index (κ2) is 4.29. The van der Waals surface area contributed by atoms with Crippen molar-refractivity contribution in [1.29, 1.82) is 0 Å². The fourth-order valence-corrected chi connectivity index (χ4v) is 2.47. The second-order valence-corrected chi connectivity index (χ2v) is 5.63. The normalized spacial score (nSPS) is 22.9. The first kappa shape index (κ1) is 12.9. The van der Waals surface area contributed by atoms with Gasteiger partial charge in [-0.2, -0.15) is 0 Å². The maximum atomic E-state index is 10.5. The number of aliphatic hydroxyl groups excluding tert-OH is 2. The van der Waals surface area contributed by atoms with Crippen molar-refractivity contribution in [2.45, 2.75) is 33.8 Å². The van der Waals surface area contributed by atoms with Crippen molar-refractivity contribution in [3.63, 3.8) is 0 Å². The van der Waals surface area contributed by atoms with E-state index in [0.717, 1.165) is 22.3 Å². The van der Waals surface area contributed by atoms with Crippen molar-refractivity contribution < 1.29 is 10.2 Å². The Kier molecular flexibility index (Phi) is 3.07. The van der Waals surface area contributed by atoms with Crippen LogP contribution in [0.2, 0.25) is 0 Å². The first-order valence-electron chi connectivity index (χ1n) is 6.21. The molecule has 1 atom stereocenters. The van der Waals surface area contributed by atoms with Crippen molar-refractivity contribution in [1.82, 2.24) is 0 Å². The van der Waals surface area contributed by atoms with Gasteiger partial charge in [0.05, 0.1) is 11.5 Å². The maximum Gasteiger partial charge on any atom is 0.104 e. The van der Waals surface area contributed by atoms with Gasteiger partial charge in [0.1, 0.15) is 5.76 Å². The van der Waals surface area contributed by atoms with Crippen molar-refractivity contribution in [3.05, 3.63) is 52.8 Å². The molecule has 0 amide bonds. The summed E-state index contributed by atoms with van der Waals surface area (Å²) in [5, 5.41) is 20.5. The van der Waals surface area contributed by atoms with Gasteiger partial charge in [-0.15, -0.1) is 0 Å². The smallest absolute Gasteiger partial charge is 0.104 e. The topological polar surface area (TPSA) is 40.5 Å². The molecular formula is C16H20O2. The second-order valence-electron chi connectivity index (χ2n) is 5.63. The first-order chi connectivity index (χ1) is 8.34. The number of hydrogen-bond donors (Lipinski definition) is 2. The molecule has 0 bridgehead atoms. The number of aryl methyl sites for hydroxylation is 1. The zero-order chi connectivity index (χ0) is 13.5. The van der Waals surface area contributed by atoms with Crippen LogP contribution >= 0.6 is 0 Å². The number of allylic oxidation sites excluding steroid dienone is 2. The summed E-state index contributed by atoms with van der Waals surface area (Å²) in [5.74, 6) is 0.270. The van der Waals surface area contributed by atoms with E-state index in [-0.39, 0.29) is 5.76 Å². The summed E-state index contributed by atoms with van der Waals surface area (Å²) in [6.07, 6.45) is 1.18. The minimum Gasteiger partial charge on any atom is -0.511 e. The third kappa shape index (κ3) is 1.97. The van der Waals surface area contributed by atoms with E-state index in [2.05, 4.69) is 6.07 Å². The van der Waals surface area contributed by atoms with Gasteiger partial charge in [0.25, 0.3) is 0 Å². The van der Waals surface area contributed by atoms with Crippen molar-refractivity contribution in [3.8, 4) is 0 Å². The van der Waals surface area contributed by atoms with Gasteiger partial charge >= 0.3 is 0 Å². The van der Waals surface area contributed by atoms with Crippen LogP contribution in [0, 0.1) is 12.3 Å². The summed E-state index contributed by atoms with van der Waals surface area (Å²) >= 11 is 0. The Morgan fingerprint density at radius 3 is 2.44 bits per heavy atom. The van der Waals surface area contributed by atoms with Crippen LogP contribution in [-0.2, 0) is 0 Å². The molecule has 0 aromatic heterocycles. The third-order valence-corrected chi connectivity index (χ3v) is 3.69. The Bertz CT molecular complexity index is 536. The predicted molar refractivity (Wildman–Crippen MR) is 74.3 cm³/mol. The lowest BCUT2D eigenvalue weighted by molar-refractivity contribution is 0.0860. The molecule has 0 heterocycles. The Balaban J connectivity index is 2.55. The van der Waals surface area contributed by atoms with Crippen LogP contribution in [0.5, 0.6) is 0 Å². The van der Waals surface area contributed by atoms with Crippen LogP contribution in [0.1, 0.15) is 31.9 Å². The highest BCUT2D eigenvalue weighted by atomic mass is 16.3. The highest BCUT2D eigenvalue weighted by Crippen LogP contribution is 2.42. The van der Waals surface area contributed by atoms with Crippen LogP contribution in [0.3, 0.4) is 0 Å². The van der Waals surface area contributed by atoms with Gasteiger partial charge in [-0.3, -0.25) is 0 Å². The minimum atomic E-state index is -0.692. The Morgan fingerprint density at radius 1 is 1.17 bits per heavy atom. The quantitative estimate of drug-likeness (QED) is 0.792. The molecule has 1 unspecified atom stereocenters. The Morgan fingerprint density at radius 2 is 1.83 bits per heavy atom. The summed E-state index contributed by atoms with van der Waals surface area (Å²) in [5.41, 5.74) is 3.23. The molecule has 1 aliphatic carbocycles. The van der Waals surface area contributed by atoms with E-state index < -0.39 is 11.5 Å². The highest BCUT2D eigenvalue weighted by molar-refractivity contribution is 5.74. The van der Waals surface area contributed by atoms with Crippen molar-refractivity contribution >= 4 is 5.57 Å². The van der Waals surface area contributed by atoms with E-state index in [1.807, 2.05) is 52.0 Å². The van der Waals surface area contributed by atoms with E-state index in [0.29, 0.717) is 0 Å². The predicted octanol–water partition coefficient (Wildman–Crippen LogP) is 3.61. The molecule has 0 aliphatic heterocycles. The molecule has 0 radical (unpaired) electrons. The standard InChI is InChI=1S/C16H20O2/c1-10-6-5-7-12(8-10)13-9-11(2)14(17)16(3,4)15(13)18/h5-9,15,17-18H,1-4H3.